The van der Waals surface area contributed by atoms with Crippen molar-refractivity contribution in [1.82, 2.24) is 10.3 Å². The van der Waals surface area contributed by atoms with Crippen LogP contribution in [0, 0.1) is 0 Å². The lowest BCUT2D eigenvalue weighted by molar-refractivity contribution is 0.0954. The zero-order valence-electron chi connectivity index (χ0n) is 16.9. The zero-order chi connectivity index (χ0) is 21.9. The topological polar surface area (TPSA) is 54.4 Å². The van der Waals surface area contributed by atoms with Crippen LogP contribution in [0.25, 0.3) is 0 Å². The lowest BCUT2D eigenvalue weighted by Crippen LogP contribution is -2.25. The number of amides is 1. The minimum absolute atomic E-state index is 0.107. The second kappa shape index (κ2) is 9.28. The van der Waals surface area contributed by atoms with E-state index in [4.69, 9.17) is 16.6 Å². The number of carbonyl (C=O) groups excluding carboxylic acids is 1. The van der Waals surface area contributed by atoms with Gasteiger partial charge in [0.2, 0.25) is 0 Å². The Kier molecular flexibility index (Phi) is 6.08. The fraction of sp³-hybridized carbons (Fsp3) is 0.0800. The monoisotopic (exact) mass is 475 g/mol. The molecule has 0 bridgehead atoms. The van der Waals surface area contributed by atoms with Crippen LogP contribution in [-0.2, 0) is 6.42 Å². The molecule has 5 rings (SSSR count). The predicted octanol–water partition coefficient (Wildman–Crippen LogP) is 6.40. The van der Waals surface area contributed by atoms with Gasteiger partial charge in [-0.25, -0.2) is 4.99 Å². The first-order valence-corrected chi connectivity index (χ1v) is 12.1. The summed E-state index contributed by atoms with van der Waals surface area (Å²) in [6, 6.07) is 21.7. The molecule has 7 heteroatoms. The molecule has 1 N–H and O–H groups in total. The number of aliphatic imine (C=N–C) groups is 1. The van der Waals surface area contributed by atoms with Crippen molar-refractivity contribution in [2.45, 2.75) is 16.2 Å². The van der Waals surface area contributed by atoms with Gasteiger partial charge in [0.25, 0.3) is 5.91 Å². The largest absolute Gasteiger partial charge is 0.352 e. The number of aromatic nitrogens is 1. The summed E-state index contributed by atoms with van der Waals surface area (Å²) >= 11 is 9.38. The number of halogens is 1. The number of hydrogen-bond acceptors (Lipinski definition) is 5. The third kappa shape index (κ3) is 4.48. The van der Waals surface area contributed by atoms with Crippen LogP contribution < -0.4 is 5.32 Å². The number of nitrogens with one attached hydrogen (secondary N) is 1. The van der Waals surface area contributed by atoms with Crippen LogP contribution in [-0.4, -0.2) is 23.1 Å². The third-order valence-electron chi connectivity index (χ3n) is 5.07. The van der Waals surface area contributed by atoms with Gasteiger partial charge in [0, 0.05) is 39.9 Å². The fourth-order valence-corrected chi connectivity index (χ4v) is 5.53. The van der Waals surface area contributed by atoms with Crippen LogP contribution in [0.5, 0.6) is 0 Å². The molecular formula is C25H18ClN3OS2. The van der Waals surface area contributed by atoms with Crippen molar-refractivity contribution in [2.24, 2.45) is 4.99 Å². The van der Waals surface area contributed by atoms with E-state index in [2.05, 4.69) is 22.4 Å². The Morgan fingerprint density at radius 2 is 1.81 bits per heavy atom. The molecule has 0 radical (unpaired) electrons. The van der Waals surface area contributed by atoms with Gasteiger partial charge in [0.1, 0.15) is 0 Å². The Morgan fingerprint density at radius 3 is 2.62 bits per heavy atom. The van der Waals surface area contributed by atoms with Gasteiger partial charge in [-0.15, -0.1) is 11.3 Å². The number of thiophene rings is 1. The van der Waals surface area contributed by atoms with E-state index in [1.807, 2.05) is 54.6 Å². The molecule has 0 fully saturated rings. The van der Waals surface area contributed by atoms with Gasteiger partial charge in [-0.3, -0.25) is 9.78 Å². The van der Waals surface area contributed by atoms with Gasteiger partial charge in [-0.2, -0.15) is 0 Å². The summed E-state index contributed by atoms with van der Waals surface area (Å²) in [5.74, 6) is -0.107. The maximum absolute atomic E-state index is 12.8. The summed E-state index contributed by atoms with van der Waals surface area (Å²) < 4.78 is 0.722. The van der Waals surface area contributed by atoms with Crippen LogP contribution in [0.4, 0.5) is 5.69 Å². The fourth-order valence-electron chi connectivity index (χ4n) is 3.48. The van der Waals surface area contributed by atoms with E-state index in [-0.39, 0.29) is 5.91 Å². The average Bonchev–Trinajstić information content (AvgIpc) is 3.17. The van der Waals surface area contributed by atoms with Crippen molar-refractivity contribution < 1.29 is 4.79 Å². The third-order valence-corrected chi connectivity index (χ3v) is 7.45. The molecule has 0 saturated carbocycles. The molecule has 3 heterocycles. The smallest absolute Gasteiger partial charge is 0.251 e. The summed E-state index contributed by atoms with van der Waals surface area (Å²) in [4.78, 5) is 25.0. The highest BCUT2D eigenvalue weighted by molar-refractivity contribution is 7.99. The maximum atomic E-state index is 12.8. The highest BCUT2D eigenvalue weighted by Gasteiger charge is 2.20. The summed E-state index contributed by atoms with van der Waals surface area (Å²) in [5.41, 5.74) is 4.46. The Balaban J connectivity index is 1.44. The van der Waals surface area contributed by atoms with E-state index in [1.165, 1.54) is 11.3 Å². The second-order valence-electron chi connectivity index (χ2n) is 7.21. The van der Waals surface area contributed by atoms with Gasteiger partial charge < -0.3 is 5.32 Å². The number of pyridine rings is 1. The molecule has 0 spiro atoms. The SMILES string of the molecule is O=C(NCCc1ccncc1)c1ccc2c(c1)N=C(c1ccc(Cl)s1)c1ccccc1S2. The van der Waals surface area contributed by atoms with Gasteiger partial charge >= 0.3 is 0 Å². The van der Waals surface area contributed by atoms with Crippen molar-refractivity contribution in [3.05, 3.63) is 105 Å². The summed E-state index contributed by atoms with van der Waals surface area (Å²) in [6.45, 7) is 0.558. The number of nitrogens with zero attached hydrogens (tertiary/aromatic N) is 2. The van der Waals surface area contributed by atoms with Crippen LogP contribution in [0.15, 0.2) is 93.9 Å². The first-order valence-electron chi connectivity index (χ1n) is 10.1. The van der Waals surface area contributed by atoms with E-state index < -0.39 is 0 Å². The van der Waals surface area contributed by atoms with E-state index in [0.717, 1.165) is 48.0 Å². The van der Waals surface area contributed by atoms with Gasteiger partial charge in [0.15, 0.2) is 0 Å². The summed E-state index contributed by atoms with van der Waals surface area (Å²) in [6.07, 6.45) is 4.27. The van der Waals surface area contributed by atoms with E-state index in [0.29, 0.717) is 12.1 Å². The van der Waals surface area contributed by atoms with Gasteiger partial charge in [0.05, 0.1) is 20.6 Å². The second-order valence-corrected chi connectivity index (χ2v) is 10.0. The molecule has 1 aliphatic heterocycles. The minimum atomic E-state index is -0.107. The molecular weight excluding hydrogens is 458 g/mol. The Hall–Kier alpha value is -2.93. The van der Waals surface area contributed by atoms with E-state index in [1.54, 1.807) is 24.2 Å². The molecule has 0 aliphatic carbocycles. The summed E-state index contributed by atoms with van der Waals surface area (Å²) in [7, 11) is 0. The van der Waals surface area contributed by atoms with Crippen molar-refractivity contribution in [1.29, 1.82) is 0 Å². The molecule has 2 aromatic heterocycles. The molecule has 0 atom stereocenters. The van der Waals surface area contributed by atoms with Gasteiger partial charge in [-0.05, 0) is 60.5 Å². The van der Waals surface area contributed by atoms with Crippen molar-refractivity contribution in [3.63, 3.8) is 0 Å². The summed E-state index contributed by atoms with van der Waals surface area (Å²) in [5, 5.41) is 3.00. The number of benzene rings is 2. The molecule has 1 aliphatic rings. The number of carbonyl (C=O) groups is 1. The molecule has 158 valence electrons. The van der Waals surface area contributed by atoms with Crippen LogP contribution >= 0.6 is 34.7 Å². The standard InChI is InChI=1S/C25H18ClN3OS2/c26-23-8-7-22(32-23)24-18-3-1-2-4-20(18)31-21-6-5-17(15-19(21)29-24)25(30)28-14-11-16-9-12-27-13-10-16/h1-10,12-13,15H,11,14H2,(H,28,30). The molecule has 0 saturated heterocycles. The molecule has 4 nitrogen and oxygen atoms in total. The molecule has 1 amide bonds. The maximum Gasteiger partial charge on any atom is 0.251 e. The lowest BCUT2D eigenvalue weighted by atomic mass is 10.1. The van der Waals surface area contributed by atoms with Crippen molar-refractivity contribution in [3.8, 4) is 0 Å². The van der Waals surface area contributed by atoms with Crippen molar-refractivity contribution >= 4 is 52.0 Å². The predicted molar refractivity (Wildman–Crippen MR) is 132 cm³/mol. The lowest BCUT2D eigenvalue weighted by Gasteiger charge is -2.08. The normalized spacial score (nSPS) is 12.3. The Bertz CT molecular complexity index is 1320. The minimum Gasteiger partial charge on any atom is -0.352 e. The van der Waals surface area contributed by atoms with E-state index in [9.17, 15) is 4.79 Å². The van der Waals surface area contributed by atoms with Gasteiger partial charge in [-0.1, -0.05) is 41.6 Å². The average molecular weight is 476 g/mol. The van der Waals surface area contributed by atoms with Crippen LogP contribution in [0.1, 0.15) is 26.4 Å². The quantitative estimate of drug-likeness (QED) is 0.320. The Labute approximate surface area is 199 Å². The Morgan fingerprint density at radius 1 is 0.969 bits per heavy atom. The first kappa shape index (κ1) is 20.9. The highest BCUT2D eigenvalue weighted by atomic mass is 35.5. The molecule has 0 unspecified atom stereocenters. The van der Waals surface area contributed by atoms with Crippen LogP contribution in [0.3, 0.4) is 0 Å². The zero-order valence-corrected chi connectivity index (χ0v) is 19.3. The first-order chi connectivity index (χ1) is 15.7. The van der Waals surface area contributed by atoms with Crippen LogP contribution in [0.2, 0.25) is 4.34 Å². The number of rotatable bonds is 5. The van der Waals surface area contributed by atoms with E-state index >= 15 is 0 Å². The highest BCUT2D eigenvalue weighted by Crippen LogP contribution is 2.42. The van der Waals surface area contributed by atoms with Crippen molar-refractivity contribution in [2.75, 3.05) is 6.54 Å². The molecule has 4 aromatic rings. The molecule has 32 heavy (non-hydrogen) atoms. The number of fused-ring (bicyclic) bond motifs is 2. The molecule has 2 aromatic carbocycles. The number of hydrogen-bond donors (Lipinski definition) is 1.